The minimum atomic E-state index is -0.442. The Morgan fingerprint density at radius 1 is 1.06 bits per heavy atom. The molecule has 1 aliphatic rings. The van der Waals surface area contributed by atoms with Crippen molar-refractivity contribution in [3.63, 3.8) is 0 Å². The highest BCUT2D eigenvalue weighted by molar-refractivity contribution is 7.22. The highest BCUT2D eigenvalue weighted by Gasteiger charge is 2.29. The number of nitrogens with one attached hydrogen (secondary N) is 2. The van der Waals surface area contributed by atoms with Gasteiger partial charge in [-0.2, -0.15) is 0 Å². The molecule has 2 heterocycles. The Bertz CT molecular complexity index is 1350. The number of para-hydroxylation sites is 1. The van der Waals surface area contributed by atoms with E-state index in [1.165, 1.54) is 30.4 Å². The SMILES string of the molecule is CC(=O)Nc1ccc(C2=NN(c3ccc([N+](=O)[O-])cc3)N(c3nc4ccccc4s3)N2)cc1. The average molecular weight is 459 g/mol. The number of non-ortho nitro benzene ring substituents is 1. The number of hydrazone groups is 1. The third kappa shape index (κ3) is 4.04. The van der Waals surface area contributed by atoms with Crippen molar-refractivity contribution in [3.05, 3.63) is 88.5 Å². The molecule has 3 aromatic carbocycles. The van der Waals surface area contributed by atoms with Crippen LogP contribution in [0.15, 0.2) is 77.9 Å². The van der Waals surface area contributed by atoms with Crippen molar-refractivity contribution in [1.29, 1.82) is 0 Å². The third-order valence-corrected chi connectivity index (χ3v) is 5.84. The van der Waals surface area contributed by atoms with Crippen LogP contribution >= 0.6 is 11.3 Å². The normalized spacial score (nSPS) is 13.1. The van der Waals surface area contributed by atoms with Gasteiger partial charge in [-0.1, -0.05) is 23.5 Å². The number of benzene rings is 3. The zero-order chi connectivity index (χ0) is 22.9. The fourth-order valence-corrected chi connectivity index (χ4v) is 4.22. The molecule has 5 rings (SSSR count). The van der Waals surface area contributed by atoms with Crippen LogP contribution in [0.1, 0.15) is 12.5 Å². The number of anilines is 3. The Labute approximate surface area is 191 Å². The van der Waals surface area contributed by atoms with Crippen LogP contribution in [0.2, 0.25) is 0 Å². The zero-order valence-corrected chi connectivity index (χ0v) is 18.1. The summed E-state index contributed by atoms with van der Waals surface area (Å²) in [5, 5.41) is 22.5. The van der Waals surface area contributed by atoms with E-state index in [0.29, 0.717) is 22.3 Å². The summed E-state index contributed by atoms with van der Waals surface area (Å²) in [7, 11) is 0. The van der Waals surface area contributed by atoms with Crippen molar-refractivity contribution < 1.29 is 9.72 Å². The summed E-state index contributed by atoms with van der Waals surface area (Å²) in [6, 6.07) is 21.2. The van der Waals surface area contributed by atoms with Crippen LogP contribution in [-0.2, 0) is 4.79 Å². The predicted molar refractivity (Wildman–Crippen MR) is 128 cm³/mol. The Morgan fingerprint density at radius 3 is 2.45 bits per heavy atom. The second-order valence-corrected chi connectivity index (χ2v) is 8.17. The Morgan fingerprint density at radius 2 is 1.79 bits per heavy atom. The van der Waals surface area contributed by atoms with E-state index in [-0.39, 0.29) is 11.6 Å². The smallest absolute Gasteiger partial charge is 0.269 e. The van der Waals surface area contributed by atoms with Crippen molar-refractivity contribution in [2.75, 3.05) is 15.6 Å². The molecule has 33 heavy (non-hydrogen) atoms. The molecule has 0 fully saturated rings. The Kier molecular flexibility index (Phi) is 5.07. The number of nitrogens with zero attached hydrogens (tertiary/aromatic N) is 5. The van der Waals surface area contributed by atoms with Crippen LogP contribution in [0.4, 0.5) is 22.2 Å². The molecule has 0 radical (unpaired) electrons. The molecule has 11 heteroatoms. The third-order valence-electron chi connectivity index (χ3n) is 4.83. The molecule has 10 nitrogen and oxygen atoms in total. The van der Waals surface area contributed by atoms with Gasteiger partial charge in [0.25, 0.3) is 5.69 Å². The number of hydrogen-bond donors (Lipinski definition) is 2. The van der Waals surface area contributed by atoms with E-state index in [0.717, 1.165) is 15.8 Å². The first kappa shape index (κ1) is 20.4. The van der Waals surface area contributed by atoms with Gasteiger partial charge in [0.2, 0.25) is 11.0 Å². The van der Waals surface area contributed by atoms with E-state index >= 15 is 0 Å². The largest absolute Gasteiger partial charge is 0.326 e. The quantitative estimate of drug-likeness (QED) is 0.338. The lowest BCUT2D eigenvalue weighted by atomic mass is 10.2. The maximum absolute atomic E-state index is 11.3. The highest BCUT2D eigenvalue weighted by Crippen LogP contribution is 2.33. The van der Waals surface area contributed by atoms with Gasteiger partial charge in [-0.25, -0.2) is 4.98 Å². The molecule has 0 saturated heterocycles. The van der Waals surface area contributed by atoms with Crippen LogP contribution in [-0.4, -0.2) is 21.7 Å². The second-order valence-electron chi connectivity index (χ2n) is 7.16. The van der Waals surface area contributed by atoms with E-state index in [1.54, 1.807) is 34.5 Å². The average Bonchev–Trinajstić information content (AvgIpc) is 3.44. The van der Waals surface area contributed by atoms with Crippen molar-refractivity contribution >= 4 is 55.5 Å². The fourth-order valence-electron chi connectivity index (χ4n) is 3.31. The van der Waals surface area contributed by atoms with E-state index in [2.05, 4.69) is 10.7 Å². The standard InChI is InChI=1S/C22H17N7O3S/c1-14(30)23-16-8-6-15(7-9-16)21-25-27(17-10-12-18(13-11-17)29(31)32)28(26-21)22-24-19-4-2-3-5-20(19)33-22/h2-13H,1H3,(H,23,30)(H,25,26). The number of fused-ring (bicyclic) bond motifs is 1. The highest BCUT2D eigenvalue weighted by atomic mass is 32.1. The predicted octanol–water partition coefficient (Wildman–Crippen LogP) is 4.27. The number of thiazole rings is 1. The van der Waals surface area contributed by atoms with Gasteiger partial charge in [-0.15, -0.1) is 15.3 Å². The number of nitro groups is 1. The first-order valence-corrected chi connectivity index (χ1v) is 10.7. The first-order valence-electron chi connectivity index (χ1n) is 9.91. The lowest BCUT2D eigenvalue weighted by molar-refractivity contribution is -0.384. The van der Waals surface area contributed by atoms with Crippen LogP contribution in [0.25, 0.3) is 10.2 Å². The number of carbonyl (C=O) groups is 1. The zero-order valence-electron chi connectivity index (χ0n) is 17.3. The van der Waals surface area contributed by atoms with Gasteiger partial charge < -0.3 is 5.32 Å². The summed E-state index contributed by atoms with van der Waals surface area (Å²) in [6.07, 6.45) is 0. The minimum Gasteiger partial charge on any atom is -0.326 e. The number of carbonyl (C=O) groups excluding carboxylic acids is 1. The molecular formula is C22H17N7O3S. The van der Waals surface area contributed by atoms with Gasteiger partial charge >= 0.3 is 0 Å². The maximum Gasteiger partial charge on any atom is 0.269 e. The topological polar surface area (TPSA) is 116 Å². The number of nitro benzene ring substituents is 1. The van der Waals surface area contributed by atoms with Gasteiger partial charge in [0.05, 0.1) is 20.8 Å². The summed E-state index contributed by atoms with van der Waals surface area (Å²) < 4.78 is 1.02. The molecule has 0 aliphatic carbocycles. The molecule has 0 bridgehead atoms. The molecule has 2 N–H and O–H groups in total. The molecule has 164 valence electrons. The molecule has 1 aliphatic heterocycles. The van der Waals surface area contributed by atoms with Crippen LogP contribution < -0.4 is 21.0 Å². The Hall–Kier alpha value is -4.51. The minimum absolute atomic E-state index is 0.00444. The van der Waals surface area contributed by atoms with Gasteiger partial charge in [0.15, 0.2) is 5.84 Å². The van der Waals surface area contributed by atoms with E-state index in [9.17, 15) is 14.9 Å². The van der Waals surface area contributed by atoms with Crippen molar-refractivity contribution in [1.82, 2.24) is 10.4 Å². The van der Waals surface area contributed by atoms with Crippen LogP contribution in [0.5, 0.6) is 0 Å². The molecule has 0 unspecified atom stereocenters. The van der Waals surface area contributed by atoms with Gasteiger partial charge in [0.1, 0.15) is 0 Å². The second kappa shape index (κ2) is 8.20. The number of rotatable bonds is 5. The fraction of sp³-hybridized carbons (Fsp3) is 0.0455. The first-order chi connectivity index (χ1) is 16.0. The van der Waals surface area contributed by atoms with Gasteiger partial charge in [0, 0.05) is 30.3 Å². The summed E-state index contributed by atoms with van der Waals surface area (Å²) >= 11 is 1.49. The summed E-state index contributed by atoms with van der Waals surface area (Å²) in [5.74, 6) is 0.410. The van der Waals surface area contributed by atoms with Gasteiger partial charge in [-0.05, 0) is 48.5 Å². The van der Waals surface area contributed by atoms with Crippen molar-refractivity contribution in [2.24, 2.45) is 5.10 Å². The van der Waals surface area contributed by atoms with E-state index < -0.39 is 4.92 Å². The summed E-state index contributed by atoms with van der Waals surface area (Å²) in [4.78, 5) is 26.6. The molecule has 4 aromatic rings. The molecule has 0 atom stereocenters. The van der Waals surface area contributed by atoms with Gasteiger partial charge in [-0.3, -0.25) is 20.3 Å². The number of amides is 1. The Balaban J connectivity index is 1.52. The van der Waals surface area contributed by atoms with E-state index in [4.69, 9.17) is 10.1 Å². The molecular weight excluding hydrogens is 442 g/mol. The monoisotopic (exact) mass is 459 g/mol. The lowest BCUT2D eigenvalue weighted by Gasteiger charge is -2.25. The number of aromatic nitrogens is 1. The molecule has 0 saturated carbocycles. The number of amidine groups is 1. The lowest BCUT2D eigenvalue weighted by Crippen LogP contribution is -2.44. The molecule has 1 amide bonds. The van der Waals surface area contributed by atoms with Crippen LogP contribution in [0, 0.1) is 10.1 Å². The maximum atomic E-state index is 11.3. The molecule has 0 spiro atoms. The summed E-state index contributed by atoms with van der Waals surface area (Å²) in [5.41, 5.74) is 6.21. The van der Waals surface area contributed by atoms with Crippen molar-refractivity contribution in [2.45, 2.75) is 6.92 Å². The molecule has 1 aromatic heterocycles. The number of hydrogen-bond acceptors (Lipinski definition) is 9. The van der Waals surface area contributed by atoms with Crippen molar-refractivity contribution in [3.8, 4) is 0 Å². The van der Waals surface area contributed by atoms with Crippen LogP contribution in [0.3, 0.4) is 0 Å². The number of hydrazine groups is 2. The summed E-state index contributed by atoms with van der Waals surface area (Å²) in [6.45, 7) is 1.45. The van der Waals surface area contributed by atoms with E-state index in [1.807, 2.05) is 36.4 Å².